The van der Waals surface area contributed by atoms with Gasteiger partial charge < -0.3 is 0 Å². The van der Waals surface area contributed by atoms with Crippen LogP contribution in [0.2, 0.25) is 0 Å². The topological polar surface area (TPSA) is 110 Å². The molecule has 2 N–H and O–H groups in total. The van der Waals surface area contributed by atoms with Crippen molar-refractivity contribution < 1.29 is 40.8 Å². The fourth-order valence-corrected chi connectivity index (χ4v) is 2.59. The first kappa shape index (κ1) is 15.3. The van der Waals surface area contributed by atoms with Gasteiger partial charge in [-0.15, -0.1) is 0 Å². The number of hydrogen-bond donors (Lipinski definition) is 2. The van der Waals surface area contributed by atoms with Crippen molar-refractivity contribution in [2.75, 3.05) is 4.93 Å². The van der Waals surface area contributed by atoms with Crippen LogP contribution in [0.15, 0.2) is 24.3 Å². The van der Waals surface area contributed by atoms with Gasteiger partial charge in [-0.25, -0.2) is 0 Å². The van der Waals surface area contributed by atoms with E-state index >= 15 is 0 Å². The summed E-state index contributed by atoms with van der Waals surface area (Å²) in [6.07, 6.45) is -1.05. The number of halogens is 1. The fraction of sp³-hybridized carbons (Fsp3) is 0.273. The molecule has 0 unspecified atom stereocenters. The Bertz CT molecular complexity index is 488. The molecule has 0 aliphatic rings. The van der Waals surface area contributed by atoms with Gasteiger partial charge in [0, 0.05) is 0 Å². The van der Waals surface area contributed by atoms with Crippen LogP contribution in [-0.2, 0) is 11.2 Å². The Hall–Kier alpha value is -1.71. The van der Waals surface area contributed by atoms with Gasteiger partial charge >= 0.3 is 119 Å². The molecule has 104 valence electrons. The molecule has 0 aliphatic heterocycles. The van der Waals surface area contributed by atoms with Gasteiger partial charge in [-0.05, 0) is 0 Å². The van der Waals surface area contributed by atoms with E-state index in [0.29, 0.717) is 5.56 Å². The number of carboxylic acid groups (broad SMARTS) is 1. The van der Waals surface area contributed by atoms with Crippen molar-refractivity contribution >= 4 is 15.6 Å². The minimum absolute atomic E-state index is 0.0410. The molecule has 0 fully saturated rings. The first-order chi connectivity index (χ1) is 8.93. The summed E-state index contributed by atoms with van der Waals surface area (Å²) >= 11 is -0.716. The number of alkyl halides is 1. The van der Waals surface area contributed by atoms with Gasteiger partial charge in [0.1, 0.15) is 0 Å². The summed E-state index contributed by atoms with van der Waals surface area (Å²) in [6.45, 7) is 0. The molecule has 0 saturated carbocycles. The van der Waals surface area contributed by atoms with Crippen molar-refractivity contribution in [3.63, 3.8) is 0 Å². The van der Waals surface area contributed by atoms with Gasteiger partial charge in [0.15, 0.2) is 0 Å². The van der Waals surface area contributed by atoms with E-state index < -0.39 is 38.3 Å². The van der Waals surface area contributed by atoms with E-state index in [0.717, 1.165) is 0 Å². The Morgan fingerprint density at radius 1 is 1.42 bits per heavy atom. The van der Waals surface area contributed by atoms with E-state index in [1.165, 1.54) is 24.3 Å². The summed E-state index contributed by atoms with van der Waals surface area (Å²) in [5, 5.41) is 21.4. The van der Waals surface area contributed by atoms with Crippen LogP contribution >= 0.6 is 0 Å². The van der Waals surface area contributed by atoms with Gasteiger partial charge in [-0.2, -0.15) is 0 Å². The number of amides is 1. The monoisotopic (exact) mass is 379 g/mol. The molecule has 19 heavy (non-hydrogen) atoms. The average molecular weight is 379 g/mol. The van der Waals surface area contributed by atoms with Crippen LogP contribution in [0.25, 0.3) is 0 Å². The molecule has 7 nitrogen and oxygen atoms in total. The fourth-order valence-electron chi connectivity index (χ4n) is 1.46. The van der Waals surface area contributed by atoms with Crippen molar-refractivity contribution in [2.24, 2.45) is 0 Å². The molecule has 1 aromatic rings. The molecule has 0 saturated heterocycles. The predicted octanol–water partition coefficient (Wildman–Crippen LogP) is -1.98. The van der Waals surface area contributed by atoms with E-state index in [9.17, 15) is 19.7 Å². The van der Waals surface area contributed by atoms with Gasteiger partial charge in [-0.1, -0.05) is 0 Å². The van der Waals surface area contributed by atoms with Gasteiger partial charge in [-0.3, -0.25) is 0 Å². The van der Waals surface area contributed by atoms with E-state index in [4.69, 9.17) is 5.11 Å². The maximum atomic E-state index is 11.6. The van der Waals surface area contributed by atoms with Gasteiger partial charge in [0.2, 0.25) is 0 Å². The zero-order chi connectivity index (χ0) is 14.4. The molecular formula is C11H12IN2O5-. The summed E-state index contributed by atoms with van der Waals surface area (Å²) in [6, 6.07) is 4.93. The van der Waals surface area contributed by atoms with Crippen LogP contribution in [0.3, 0.4) is 0 Å². The zero-order valence-electron chi connectivity index (χ0n) is 10.00. The number of nitrogens with one attached hydrogen (secondary N) is 1. The number of benzene rings is 1. The van der Waals surface area contributed by atoms with Crippen LogP contribution in [0, 0.1) is 10.1 Å². The summed E-state index contributed by atoms with van der Waals surface area (Å²) < 4.78 is -0.112. The zero-order valence-corrected chi connectivity index (χ0v) is 12.2. The molecule has 1 amide bonds. The Morgan fingerprint density at radius 3 is 2.42 bits per heavy atom. The Kier molecular flexibility index (Phi) is 5.67. The van der Waals surface area contributed by atoms with Crippen molar-refractivity contribution in [3.8, 4) is 0 Å². The van der Waals surface area contributed by atoms with E-state index in [-0.39, 0.29) is 15.9 Å². The Balaban J connectivity index is 2.81. The second kappa shape index (κ2) is 7.02. The molecule has 1 atom stereocenters. The molecule has 0 bridgehead atoms. The van der Waals surface area contributed by atoms with E-state index in [1.54, 1.807) is 4.93 Å². The van der Waals surface area contributed by atoms with E-state index in [1.807, 2.05) is 0 Å². The number of hydrogen-bond acceptors (Lipinski definition) is 4. The number of nitro groups is 1. The molecule has 0 aliphatic carbocycles. The number of non-ortho nitro benzene ring substituents is 1. The molecule has 1 rings (SSSR count). The molecule has 0 aromatic heterocycles. The van der Waals surface area contributed by atoms with E-state index in [2.05, 4.69) is 5.32 Å². The van der Waals surface area contributed by atoms with Crippen molar-refractivity contribution in [2.45, 2.75) is 12.5 Å². The van der Waals surface area contributed by atoms with Gasteiger partial charge in [0.25, 0.3) is 0 Å². The summed E-state index contributed by atoms with van der Waals surface area (Å²) in [7, 11) is 0. The third-order valence-corrected chi connectivity index (χ3v) is 4.16. The second-order valence-corrected chi connectivity index (χ2v) is 5.76. The number of nitro benzene ring substituents is 1. The quantitative estimate of drug-likeness (QED) is 0.196. The van der Waals surface area contributed by atoms with Crippen LogP contribution in [0.1, 0.15) is 5.56 Å². The van der Waals surface area contributed by atoms with Crippen LogP contribution < -0.4 is 26.5 Å². The third-order valence-electron chi connectivity index (χ3n) is 2.34. The Labute approximate surface area is 119 Å². The number of carbonyl (C=O) groups is 2. The molecule has 0 heterocycles. The summed E-state index contributed by atoms with van der Waals surface area (Å²) in [5.74, 6) is 0. The standard InChI is InChI=1S/C11H12IN2O5/c1-12-10(15)9(13-11(16)17)6-7-2-4-8(5-3-7)14(18)19/h2-5,9,13H,6H2,1H3,(H,16,17)/q-1/t9-/m0/s1. The summed E-state index contributed by atoms with van der Waals surface area (Å²) in [4.78, 5) is 34.0. The predicted molar refractivity (Wildman–Crippen MR) is 62.7 cm³/mol. The van der Waals surface area contributed by atoms with Crippen LogP contribution in [0.4, 0.5) is 10.5 Å². The van der Waals surface area contributed by atoms with Crippen LogP contribution in [0.5, 0.6) is 0 Å². The van der Waals surface area contributed by atoms with Crippen molar-refractivity contribution in [3.05, 3.63) is 39.9 Å². The average Bonchev–Trinajstić information content (AvgIpc) is 2.37. The molecule has 1 aromatic carbocycles. The number of rotatable bonds is 6. The molecular weight excluding hydrogens is 367 g/mol. The minimum atomic E-state index is -1.25. The van der Waals surface area contributed by atoms with Gasteiger partial charge in [0.05, 0.1) is 0 Å². The number of carbonyl (C=O) groups excluding carboxylic acids is 1. The first-order valence-electron chi connectivity index (χ1n) is 5.20. The molecule has 8 heteroatoms. The van der Waals surface area contributed by atoms with Crippen molar-refractivity contribution in [1.82, 2.24) is 5.32 Å². The number of nitrogens with zero attached hydrogens (tertiary/aromatic N) is 1. The first-order valence-corrected chi connectivity index (χ1v) is 8.43. The van der Waals surface area contributed by atoms with Crippen molar-refractivity contribution in [1.29, 1.82) is 0 Å². The van der Waals surface area contributed by atoms with Crippen LogP contribution in [-0.4, -0.2) is 30.9 Å². The SMILES string of the molecule is C[I-]C(=O)[C@H](Cc1ccc([N+](=O)[O-])cc1)NC(=O)O. The third kappa shape index (κ3) is 4.81. The second-order valence-electron chi connectivity index (χ2n) is 3.62. The molecule has 0 radical (unpaired) electrons. The maximum absolute atomic E-state index is 11.6. The summed E-state index contributed by atoms with van der Waals surface area (Å²) in [5.41, 5.74) is 0.635. The molecule has 0 spiro atoms. The Morgan fingerprint density at radius 2 is 2.00 bits per heavy atom. The normalized spacial score (nSPS) is 11.8.